The van der Waals surface area contributed by atoms with Gasteiger partial charge in [0, 0.05) is 24.9 Å². The molecule has 0 saturated carbocycles. The highest BCUT2D eigenvalue weighted by Crippen LogP contribution is 2.16. The molecule has 2 aromatic heterocycles. The van der Waals surface area contributed by atoms with E-state index in [1.807, 2.05) is 13.8 Å². The van der Waals surface area contributed by atoms with Gasteiger partial charge in [0.05, 0.1) is 17.1 Å². The van der Waals surface area contributed by atoms with Gasteiger partial charge in [-0.25, -0.2) is 14.9 Å². The molecule has 0 radical (unpaired) electrons. The number of nitrogens with zero attached hydrogens (tertiary/aromatic N) is 3. The van der Waals surface area contributed by atoms with Gasteiger partial charge in [-0.2, -0.15) is 5.10 Å². The van der Waals surface area contributed by atoms with Crippen molar-refractivity contribution in [2.45, 2.75) is 26.7 Å². The van der Waals surface area contributed by atoms with Gasteiger partial charge in [0.1, 0.15) is 5.82 Å². The predicted molar refractivity (Wildman–Crippen MR) is 75.8 cm³/mol. The summed E-state index contributed by atoms with van der Waals surface area (Å²) in [4.78, 5) is 28.4. The Bertz CT molecular complexity index is 670. The molecule has 0 spiro atoms. The van der Waals surface area contributed by atoms with Gasteiger partial charge in [-0.1, -0.05) is 0 Å². The van der Waals surface area contributed by atoms with Gasteiger partial charge in [-0.3, -0.25) is 9.36 Å². The fraction of sp³-hybridized carbons (Fsp3) is 0.500. The van der Waals surface area contributed by atoms with Gasteiger partial charge in [-0.05, 0) is 13.8 Å². The normalized spacial score (nSPS) is 10.8. The fourth-order valence-electron chi connectivity index (χ4n) is 1.87. The van der Waals surface area contributed by atoms with Gasteiger partial charge in [0.25, 0.3) is 0 Å². The van der Waals surface area contributed by atoms with Crippen molar-refractivity contribution in [1.29, 1.82) is 0 Å². The summed E-state index contributed by atoms with van der Waals surface area (Å²) in [5.41, 5.74) is 0.581. The maximum absolute atomic E-state index is 11.8. The van der Waals surface area contributed by atoms with Gasteiger partial charge < -0.3 is 5.32 Å². The lowest BCUT2D eigenvalue weighted by atomic mass is 10.2. The molecule has 0 aliphatic heterocycles. The van der Waals surface area contributed by atoms with E-state index in [0.29, 0.717) is 18.8 Å². The van der Waals surface area contributed by atoms with Crippen molar-refractivity contribution in [3.63, 3.8) is 0 Å². The van der Waals surface area contributed by atoms with Crippen LogP contribution in [0.15, 0.2) is 4.79 Å². The summed E-state index contributed by atoms with van der Waals surface area (Å²) in [5.74, 6) is 0.551. The number of aromatic nitrogens is 4. The van der Waals surface area contributed by atoms with Gasteiger partial charge in [0.2, 0.25) is 5.91 Å². The van der Waals surface area contributed by atoms with E-state index >= 15 is 0 Å². The number of rotatable bonds is 5. The lowest BCUT2D eigenvalue weighted by Crippen LogP contribution is -2.28. The summed E-state index contributed by atoms with van der Waals surface area (Å²) in [6.07, 6.45) is 0.797. The third-order valence-electron chi connectivity index (χ3n) is 2.97. The SMILES string of the molecule is Cc1nc(CC(=O)NCCc2n[nH]c(=O)n2C)c(C)s1. The van der Waals surface area contributed by atoms with E-state index in [9.17, 15) is 9.59 Å². The van der Waals surface area contributed by atoms with E-state index in [2.05, 4.69) is 20.5 Å². The van der Waals surface area contributed by atoms with Crippen molar-refractivity contribution in [3.8, 4) is 0 Å². The summed E-state index contributed by atoms with van der Waals surface area (Å²) in [7, 11) is 1.64. The number of carbonyl (C=O) groups excluding carboxylic acids is 1. The van der Waals surface area contributed by atoms with Crippen molar-refractivity contribution in [1.82, 2.24) is 25.1 Å². The lowest BCUT2D eigenvalue weighted by molar-refractivity contribution is -0.120. The molecule has 1 amide bonds. The molecule has 0 aliphatic rings. The summed E-state index contributed by atoms with van der Waals surface area (Å²) < 4.78 is 1.43. The molecule has 0 unspecified atom stereocenters. The second-order valence-electron chi connectivity index (χ2n) is 4.52. The van der Waals surface area contributed by atoms with Crippen molar-refractivity contribution in [2.24, 2.45) is 7.05 Å². The van der Waals surface area contributed by atoms with Crippen LogP contribution in [0.4, 0.5) is 0 Å². The molecule has 8 heteroatoms. The number of thiazole rings is 1. The Hall–Kier alpha value is -1.96. The molecular weight excluding hydrogens is 278 g/mol. The molecule has 0 atom stereocenters. The maximum Gasteiger partial charge on any atom is 0.343 e. The van der Waals surface area contributed by atoms with Gasteiger partial charge in [-0.15, -0.1) is 11.3 Å². The highest BCUT2D eigenvalue weighted by Gasteiger charge is 2.10. The first kappa shape index (κ1) is 14.4. The second-order valence-corrected chi connectivity index (χ2v) is 5.92. The van der Waals surface area contributed by atoms with E-state index in [1.54, 1.807) is 18.4 Å². The first-order valence-electron chi connectivity index (χ1n) is 6.27. The summed E-state index contributed by atoms with van der Waals surface area (Å²) >= 11 is 1.59. The van der Waals surface area contributed by atoms with Crippen LogP contribution in [-0.4, -0.2) is 32.2 Å². The average Bonchev–Trinajstić information content (AvgIpc) is 2.85. The van der Waals surface area contributed by atoms with Crippen LogP contribution in [0, 0.1) is 13.8 Å². The molecule has 0 aliphatic carbocycles. The van der Waals surface area contributed by atoms with Crippen LogP contribution in [-0.2, 0) is 24.7 Å². The number of amides is 1. The Morgan fingerprint density at radius 2 is 2.20 bits per heavy atom. The Balaban J connectivity index is 1.82. The standard InChI is InChI=1S/C12H17N5O2S/c1-7-9(14-8(2)20-7)6-11(18)13-5-4-10-15-16-12(19)17(10)3/h4-6H2,1-3H3,(H,13,18)(H,16,19). The number of carbonyl (C=O) groups is 1. The molecule has 2 aromatic rings. The lowest BCUT2D eigenvalue weighted by Gasteiger charge is -2.04. The molecule has 0 fully saturated rings. The van der Waals surface area contributed by atoms with Crippen LogP contribution < -0.4 is 11.0 Å². The third-order valence-corrected chi connectivity index (χ3v) is 3.90. The molecule has 0 bridgehead atoms. The van der Waals surface area contributed by atoms with E-state index in [1.165, 1.54) is 4.57 Å². The first-order chi connectivity index (χ1) is 9.47. The molecule has 20 heavy (non-hydrogen) atoms. The molecule has 0 aromatic carbocycles. The first-order valence-corrected chi connectivity index (χ1v) is 7.09. The van der Waals surface area contributed by atoms with Crippen molar-refractivity contribution in [3.05, 3.63) is 31.9 Å². The zero-order chi connectivity index (χ0) is 14.7. The quantitative estimate of drug-likeness (QED) is 0.817. The zero-order valence-corrected chi connectivity index (χ0v) is 12.5. The van der Waals surface area contributed by atoms with Gasteiger partial charge in [0.15, 0.2) is 0 Å². The zero-order valence-electron chi connectivity index (χ0n) is 11.7. The topological polar surface area (TPSA) is 92.7 Å². The van der Waals surface area contributed by atoms with Crippen molar-refractivity contribution >= 4 is 17.2 Å². The monoisotopic (exact) mass is 295 g/mol. The van der Waals surface area contributed by atoms with E-state index in [-0.39, 0.29) is 18.0 Å². The minimum Gasteiger partial charge on any atom is -0.355 e. The van der Waals surface area contributed by atoms with Crippen LogP contribution in [0.1, 0.15) is 21.4 Å². The highest BCUT2D eigenvalue weighted by atomic mass is 32.1. The van der Waals surface area contributed by atoms with Crippen LogP contribution in [0.3, 0.4) is 0 Å². The molecule has 2 N–H and O–H groups in total. The summed E-state index contributed by atoms with van der Waals surface area (Å²) in [6, 6.07) is 0. The van der Waals surface area contributed by atoms with Crippen molar-refractivity contribution in [2.75, 3.05) is 6.54 Å². The number of nitrogens with one attached hydrogen (secondary N) is 2. The maximum atomic E-state index is 11.8. The molecule has 2 rings (SSSR count). The largest absolute Gasteiger partial charge is 0.355 e. The predicted octanol–water partition coefficient (Wildman–Crippen LogP) is 0.0831. The highest BCUT2D eigenvalue weighted by molar-refractivity contribution is 7.11. The fourth-order valence-corrected chi connectivity index (χ4v) is 2.70. The summed E-state index contributed by atoms with van der Waals surface area (Å²) in [5, 5.41) is 10.0. The van der Waals surface area contributed by atoms with E-state index in [4.69, 9.17) is 0 Å². The second kappa shape index (κ2) is 6.00. The number of hydrogen-bond acceptors (Lipinski definition) is 5. The third kappa shape index (κ3) is 3.32. The number of H-pyrrole nitrogens is 1. The Kier molecular flexibility index (Phi) is 4.33. The average molecular weight is 295 g/mol. The number of aryl methyl sites for hydroxylation is 2. The Labute approximate surface area is 120 Å². The smallest absolute Gasteiger partial charge is 0.343 e. The number of aromatic amines is 1. The van der Waals surface area contributed by atoms with Crippen LogP contribution in [0.25, 0.3) is 0 Å². The minimum absolute atomic E-state index is 0.0704. The molecule has 7 nitrogen and oxygen atoms in total. The van der Waals surface area contributed by atoms with E-state index in [0.717, 1.165) is 15.6 Å². The van der Waals surface area contributed by atoms with E-state index < -0.39 is 0 Å². The molecule has 0 saturated heterocycles. The van der Waals surface area contributed by atoms with Crippen molar-refractivity contribution < 1.29 is 4.79 Å². The molecular formula is C12H17N5O2S. The van der Waals surface area contributed by atoms with Gasteiger partial charge >= 0.3 is 5.69 Å². The Morgan fingerprint density at radius 1 is 1.45 bits per heavy atom. The van der Waals surface area contributed by atoms with Crippen LogP contribution >= 0.6 is 11.3 Å². The minimum atomic E-state index is -0.250. The molecule has 2 heterocycles. The number of hydrogen-bond donors (Lipinski definition) is 2. The van der Waals surface area contributed by atoms with Crippen LogP contribution in [0.5, 0.6) is 0 Å². The van der Waals surface area contributed by atoms with Crippen LogP contribution in [0.2, 0.25) is 0 Å². The summed E-state index contributed by atoms with van der Waals surface area (Å²) in [6.45, 7) is 4.34. The molecule has 108 valence electrons. The Morgan fingerprint density at radius 3 is 2.75 bits per heavy atom.